The first-order valence-electron chi connectivity index (χ1n) is 9.90. The van der Waals surface area contributed by atoms with Crippen LogP contribution in [0.15, 0.2) is 59.4 Å². The van der Waals surface area contributed by atoms with Gasteiger partial charge in [0.15, 0.2) is 5.82 Å². The Hall–Kier alpha value is -3.88. The van der Waals surface area contributed by atoms with Gasteiger partial charge in [-0.25, -0.2) is 4.39 Å². The Balaban J connectivity index is 1.50. The zero-order chi connectivity index (χ0) is 21.8. The van der Waals surface area contributed by atoms with Crippen molar-refractivity contribution in [3.8, 4) is 17.1 Å². The SMILES string of the molecule is CCN(CCc1noc(-c2ccc(F)cc2)n1)C(=O)c1cc(C)ccc1-n1nccn1. The summed E-state index contributed by atoms with van der Waals surface area (Å²) < 4.78 is 18.4. The van der Waals surface area contributed by atoms with Crippen molar-refractivity contribution >= 4 is 5.91 Å². The fraction of sp³-hybridized carbons (Fsp3) is 0.227. The Kier molecular flexibility index (Phi) is 5.83. The molecule has 0 fully saturated rings. The first-order valence-corrected chi connectivity index (χ1v) is 9.90. The summed E-state index contributed by atoms with van der Waals surface area (Å²) in [5, 5.41) is 12.3. The lowest BCUT2D eigenvalue weighted by molar-refractivity contribution is 0.0764. The highest BCUT2D eigenvalue weighted by Crippen LogP contribution is 2.19. The van der Waals surface area contributed by atoms with E-state index in [9.17, 15) is 9.18 Å². The molecule has 0 aliphatic heterocycles. The van der Waals surface area contributed by atoms with Crippen molar-refractivity contribution in [3.63, 3.8) is 0 Å². The van der Waals surface area contributed by atoms with Crippen molar-refractivity contribution in [1.82, 2.24) is 30.0 Å². The molecule has 0 bridgehead atoms. The highest BCUT2D eigenvalue weighted by molar-refractivity contribution is 5.98. The minimum Gasteiger partial charge on any atom is -0.338 e. The Morgan fingerprint density at radius 1 is 1.13 bits per heavy atom. The van der Waals surface area contributed by atoms with Crippen LogP contribution >= 0.6 is 0 Å². The molecule has 158 valence electrons. The number of rotatable bonds is 7. The molecule has 1 amide bonds. The maximum atomic E-state index is 13.3. The van der Waals surface area contributed by atoms with E-state index in [1.165, 1.54) is 16.9 Å². The molecule has 0 saturated carbocycles. The van der Waals surface area contributed by atoms with Gasteiger partial charge in [-0.05, 0) is 50.2 Å². The van der Waals surface area contributed by atoms with Crippen LogP contribution in [0.5, 0.6) is 0 Å². The molecular weight excluding hydrogens is 399 g/mol. The van der Waals surface area contributed by atoms with E-state index >= 15 is 0 Å². The minimum atomic E-state index is -0.332. The summed E-state index contributed by atoms with van der Waals surface area (Å²) in [4.78, 5) is 20.8. The summed E-state index contributed by atoms with van der Waals surface area (Å²) in [5.41, 5.74) is 2.76. The largest absolute Gasteiger partial charge is 0.338 e. The van der Waals surface area contributed by atoms with Crippen LogP contribution in [0.1, 0.15) is 28.7 Å². The van der Waals surface area contributed by atoms with Crippen molar-refractivity contribution < 1.29 is 13.7 Å². The van der Waals surface area contributed by atoms with Crippen LogP contribution in [-0.2, 0) is 6.42 Å². The molecule has 0 saturated heterocycles. The van der Waals surface area contributed by atoms with Gasteiger partial charge in [-0.1, -0.05) is 16.8 Å². The standard InChI is InChI=1S/C22H21FN6O2/c1-3-28(13-10-20-26-21(31-27-20)16-5-7-17(23)8-6-16)22(30)18-14-15(2)4-9-19(18)29-24-11-12-25-29/h4-9,11-12,14H,3,10,13H2,1-2H3. The molecule has 31 heavy (non-hydrogen) atoms. The van der Waals surface area contributed by atoms with Crippen molar-refractivity contribution in [2.75, 3.05) is 13.1 Å². The zero-order valence-electron chi connectivity index (χ0n) is 17.2. The van der Waals surface area contributed by atoms with E-state index in [2.05, 4.69) is 20.3 Å². The van der Waals surface area contributed by atoms with Gasteiger partial charge < -0.3 is 9.42 Å². The van der Waals surface area contributed by atoms with E-state index in [1.54, 1.807) is 29.4 Å². The van der Waals surface area contributed by atoms with Crippen LogP contribution in [0.3, 0.4) is 0 Å². The lowest BCUT2D eigenvalue weighted by Crippen LogP contribution is -2.33. The first kappa shape index (κ1) is 20.4. The van der Waals surface area contributed by atoms with Gasteiger partial charge >= 0.3 is 0 Å². The highest BCUT2D eigenvalue weighted by atomic mass is 19.1. The van der Waals surface area contributed by atoms with Crippen LogP contribution in [-0.4, -0.2) is 49.0 Å². The monoisotopic (exact) mass is 420 g/mol. The third-order valence-electron chi connectivity index (χ3n) is 4.85. The van der Waals surface area contributed by atoms with E-state index in [4.69, 9.17) is 4.52 Å². The van der Waals surface area contributed by atoms with Crippen molar-refractivity contribution in [1.29, 1.82) is 0 Å². The number of amides is 1. The first-order chi connectivity index (χ1) is 15.0. The molecule has 0 unspecified atom stereocenters. The topological polar surface area (TPSA) is 89.9 Å². The maximum absolute atomic E-state index is 13.3. The molecule has 0 aliphatic rings. The number of aryl methyl sites for hydroxylation is 1. The molecule has 8 nitrogen and oxygen atoms in total. The molecule has 0 radical (unpaired) electrons. The summed E-state index contributed by atoms with van der Waals surface area (Å²) in [6.45, 7) is 4.78. The van der Waals surface area contributed by atoms with Gasteiger partial charge in [0.2, 0.25) is 0 Å². The molecule has 0 aliphatic carbocycles. The second-order valence-corrected chi connectivity index (χ2v) is 7.00. The molecular formula is C22H21FN6O2. The fourth-order valence-electron chi connectivity index (χ4n) is 3.21. The summed E-state index contributed by atoms with van der Waals surface area (Å²) in [6, 6.07) is 11.4. The van der Waals surface area contributed by atoms with Crippen LogP contribution in [0, 0.1) is 12.7 Å². The van der Waals surface area contributed by atoms with Gasteiger partial charge in [0.05, 0.1) is 23.6 Å². The predicted molar refractivity (Wildman–Crippen MR) is 111 cm³/mol. The van der Waals surface area contributed by atoms with Gasteiger partial charge in [-0.3, -0.25) is 4.79 Å². The van der Waals surface area contributed by atoms with Crippen LogP contribution in [0.4, 0.5) is 4.39 Å². The number of halogens is 1. The molecule has 9 heteroatoms. The number of aromatic nitrogens is 5. The molecule has 4 aromatic rings. The second-order valence-electron chi connectivity index (χ2n) is 7.00. The normalized spacial score (nSPS) is 10.9. The number of nitrogens with zero attached hydrogens (tertiary/aromatic N) is 6. The molecule has 2 aromatic carbocycles. The number of carbonyl (C=O) groups excluding carboxylic acids is 1. The Labute approximate surface area is 178 Å². The van der Waals surface area contributed by atoms with Crippen molar-refractivity contribution in [2.24, 2.45) is 0 Å². The van der Waals surface area contributed by atoms with E-state index < -0.39 is 0 Å². The highest BCUT2D eigenvalue weighted by Gasteiger charge is 2.20. The minimum absolute atomic E-state index is 0.124. The lowest BCUT2D eigenvalue weighted by Gasteiger charge is -2.21. The Bertz CT molecular complexity index is 1170. The smallest absolute Gasteiger partial charge is 0.257 e. The summed E-state index contributed by atoms with van der Waals surface area (Å²) >= 11 is 0. The van der Waals surface area contributed by atoms with Crippen LogP contribution in [0.2, 0.25) is 0 Å². The summed E-state index contributed by atoms with van der Waals surface area (Å²) in [6.07, 6.45) is 3.56. The molecule has 4 rings (SSSR count). The third kappa shape index (κ3) is 4.50. The van der Waals surface area contributed by atoms with E-state index in [0.717, 1.165) is 5.56 Å². The Morgan fingerprint density at radius 3 is 2.58 bits per heavy atom. The van der Waals surface area contributed by atoms with Gasteiger partial charge in [0, 0.05) is 25.1 Å². The van der Waals surface area contributed by atoms with Crippen LogP contribution in [0.25, 0.3) is 17.1 Å². The van der Waals surface area contributed by atoms with E-state index in [1.807, 2.05) is 32.0 Å². The average Bonchev–Trinajstić information content (AvgIpc) is 3.47. The van der Waals surface area contributed by atoms with Gasteiger partial charge in [0.1, 0.15) is 5.82 Å². The molecule has 2 heterocycles. The van der Waals surface area contributed by atoms with Gasteiger partial charge in [-0.15, -0.1) is 0 Å². The van der Waals surface area contributed by atoms with Gasteiger partial charge in [0.25, 0.3) is 11.8 Å². The molecule has 2 aromatic heterocycles. The lowest BCUT2D eigenvalue weighted by atomic mass is 10.1. The number of hydrogen-bond donors (Lipinski definition) is 0. The zero-order valence-corrected chi connectivity index (χ0v) is 17.2. The number of carbonyl (C=O) groups is 1. The Morgan fingerprint density at radius 2 is 1.87 bits per heavy atom. The maximum Gasteiger partial charge on any atom is 0.257 e. The number of likely N-dealkylation sites (N-methyl/N-ethyl adjacent to an activating group) is 1. The molecule has 0 N–H and O–H groups in total. The quantitative estimate of drug-likeness (QED) is 0.455. The van der Waals surface area contributed by atoms with Gasteiger partial charge in [-0.2, -0.15) is 20.0 Å². The second kappa shape index (κ2) is 8.86. The number of benzene rings is 2. The van der Waals surface area contributed by atoms with E-state index in [-0.39, 0.29) is 11.7 Å². The molecule has 0 spiro atoms. The van der Waals surface area contributed by atoms with Crippen molar-refractivity contribution in [3.05, 3.63) is 77.6 Å². The fourth-order valence-corrected chi connectivity index (χ4v) is 3.21. The number of hydrogen-bond acceptors (Lipinski definition) is 6. The molecule has 0 atom stereocenters. The third-order valence-corrected chi connectivity index (χ3v) is 4.85. The predicted octanol–water partition coefficient (Wildman–Crippen LogP) is 3.47. The summed E-state index contributed by atoms with van der Waals surface area (Å²) in [7, 11) is 0. The van der Waals surface area contributed by atoms with Crippen molar-refractivity contribution in [2.45, 2.75) is 20.3 Å². The average molecular weight is 420 g/mol. The summed E-state index contributed by atoms with van der Waals surface area (Å²) in [5.74, 6) is 0.334. The van der Waals surface area contributed by atoms with E-state index in [0.29, 0.717) is 48.0 Å². The van der Waals surface area contributed by atoms with Crippen LogP contribution < -0.4 is 0 Å².